The molecule has 1 N–H and O–H groups in total. The van der Waals surface area contributed by atoms with Gasteiger partial charge in [0.05, 0.1) is 25.3 Å². The van der Waals surface area contributed by atoms with Gasteiger partial charge in [0.1, 0.15) is 0 Å². The van der Waals surface area contributed by atoms with Gasteiger partial charge in [-0.05, 0) is 36.2 Å². The van der Waals surface area contributed by atoms with Gasteiger partial charge in [-0.1, -0.05) is 12.1 Å². The minimum Gasteiger partial charge on any atom is -0.493 e. The Hall–Kier alpha value is -3.53. The predicted molar refractivity (Wildman–Crippen MR) is 109 cm³/mol. The summed E-state index contributed by atoms with van der Waals surface area (Å²) >= 11 is 0. The Balaban J connectivity index is 1.73. The Kier molecular flexibility index (Phi) is 8.04. The summed E-state index contributed by atoms with van der Waals surface area (Å²) in [6.07, 6.45) is 0.876. The summed E-state index contributed by atoms with van der Waals surface area (Å²) in [6, 6.07) is 14.2. The number of rotatable bonds is 9. The molecule has 29 heavy (non-hydrogen) atoms. The van der Waals surface area contributed by atoms with Crippen molar-refractivity contribution in [1.29, 1.82) is 5.26 Å². The van der Waals surface area contributed by atoms with E-state index in [0.717, 1.165) is 5.56 Å². The van der Waals surface area contributed by atoms with Crippen LogP contribution < -0.4 is 14.8 Å². The highest BCUT2D eigenvalue weighted by molar-refractivity contribution is 5.93. The van der Waals surface area contributed by atoms with E-state index in [4.69, 9.17) is 14.7 Å². The Morgan fingerprint density at radius 2 is 1.83 bits per heavy atom. The fourth-order valence-electron chi connectivity index (χ4n) is 2.58. The maximum absolute atomic E-state index is 12.0. The van der Waals surface area contributed by atoms with E-state index in [1.807, 2.05) is 18.2 Å². The maximum atomic E-state index is 12.0. The van der Waals surface area contributed by atoms with Crippen LogP contribution in [0.25, 0.3) is 0 Å². The van der Waals surface area contributed by atoms with E-state index in [1.54, 1.807) is 44.4 Å². The Bertz CT molecular complexity index is 886. The van der Waals surface area contributed by atoms with Crippen molar-refractivity contribution in [1.82, 2.24) is 10.2 Å². The van der Waals surface area contributed by atoms with E-state index in [2.05, 4.69) is 5.32 Å². The third kappa shape index (κ3) is 6.54. The number of nitrogens with one attached hydrogen (secondary N) is 1. The molecule has 0 bridgehead atoms. The van der Waals surface area contributed by atoms with Crippen molar-refractivity contribution >= 4 is 11.8 Å². The highest BCUT2D eigenvalue weighted by atomic mass is 16.5. The third-order valence-corrected chi connectivity index (χ3v) is 4.20. The molecule has 2 aromatic carbocycles. The lowest BCUT2D eigenvalue weighted by molar-refractivity contribution is -0.121. The molecule has 0 radical (unpaired) electrons. The average molecular weight is 395 g/mol. The summed E-state index contributed by atoms with van der Waals surface area (Å²) < 4.78 is 10.9. The molecule has 0 aliphatic carbocycles. The van der Waals surface area contributed by atoms with Gasteiger partial charge in [0.2, 0.25) is 5.91 Å². The summed E-state index contributed by atoms with van der Waals surface area (Å²) in [5.74, 6) is 0.900. The van der Waals surface area contributed by atoms with Gasteiger partial charge in [0.15, 0.2) is 11.5 Å². The standard InChI is InChI=1S/C22H25N3O4/c1-25(2)22(27)18-9-6-16(7-10-18)15-24-21(26)5-4-12-29-19-11-8-17(14-23)13-20(19)28-3/h6-11,13H,4-5,12,15H2,1-3H3,(H,24,26). The minimum atomic E-state index is -0.0752. The van der Waals surface area contributed by atoms with E-state index >= 15 is 0 Å². The predicted octanol–water partition coefficient (Wildman–Crippen LogP) is 2.74. The van der Waals surface area contributed by atoms with Crippen molar-refractivity contribution in [2.45, 2.75) is 19.4 Å². The third-order valence-electron chi connectivity index (χ3n) is 4.20. The van der Waals surface area contributed by atoms with Gasteiger partial charge >= 0.3 is 0 Å². The SMILES string of the molecule is COc1cc(C#N)ccc1OCCCC(=O)NCc1ccc(C(=O)N(C)C)cc1. The summed E-state index contributed by atoms with van der Waals surface area (Å²) in [7, 11) is 4.93. The van der Waals surface area contributed by atoms with Crippen molar-refractivity contribution in [2.75, 3.05) is 27.8 Å². The van der Waals surface area contributed by atoms with Crippen LogP contribution in [0.5, 0.6) is 11.5 Å². The molecule has 0 aliphatic heterocycles. The van der Waals surface area contributed by atoms with E-state index < -0.39 is 0 Å². The van der Waals surface area contributed by atoms with Crippen molar-refractivity contribution in [3.63, 3.8) is 0 Å². The van der Waals surface area contributed by atoms with Crippen molar-refractivity contribution in [3.8, 4) is 17.6 Å². The number of nitriles is 1. The Morgan fingerprint density at radius 1 is 1.10 bits per heavy atom. The fourth-order valence-corrected chi connectivity index (χ4v) is 2.58. The van der Waals surface area contributed by atoms with E-state index in [-0.39, 0.29) is 11.8 Å². The van der Waals surface area contributed by atoms with Crippen LogP contribution in [0.2, 0.25) is 0 Å². The van der Waals surface area contributed by atoms with Crippen LogP contribution in [0.1, 0.15) is 34.3 Å². The molecule has 0 aliphatic rings. The first-order valence-electron chi connectivity index (χ1n) is 9.23. The first-order valence-corrected chi connectivity index (χ1v) is 9.23. The van der Waals surface area contributed by atoms with Gasteiger partial charge in [0.25, 0.3) is 5.91 Å². The highest BCUT2D eigenvalue weighted by Crippen LogP contribution is 2.27. The molecular weight excluding hydrogens is 370 g/mol. The smallest absolute Gasteiger partial charge is 0.253 e. The molecule has 0 atom stereocenters. The highest BCUT2D eigenvalue weighted by Gasteiger charge is 2.09. The number of carbonyl (C=O) groups is 2. The molecule has 0 aromatic heterocycles. The maximum Gasteiger partial charge on any atom is 0.253 e. The zero-order chi connectivity index (χ0) is 21.2. The summed E-state index contributed by atoms with van der Waals surface area (Å²) in [6.45, 7) is 0.761. The van der Waals surface area contributed by atoms with Gasteiger partial charge in [-0.3, -0.25) is 9.59 Å². The molecule has 0 fully saturated rings. The van der Waals surface area contributed by atoms with Crippen molar-refractivity contribution < 1.29 is 19.1 Å². The molecule has 7 nitrogen and oxygen atoms in total. The van der Waals surface area contributed by atoms with Crippen LogP contribution in [0.4, 0.5) is 0 Å². The van der Waals surface area contributed by atoms with E-state index in [1.165, 1.54) is 12.0 Å². The molecule has 152 valence electrons. The number of hydrogen-bond acceptors (Lipinski definition) is 5. The van der Waals surface area contributed by atoms with Crippen LogP contribution in [0.15, 0.2) is 42.5 Å². The summed E-state index contributed by atoms with van der Waals surface area (Å²) in [5, 5.41) is 11.8. The second-order valence-corrected chi connectivity index (χ2v) is 6.60. The van der Waals surface area contributed by atoms with Crippen LogP contribution in [0.3, 0.4) is 0 Å². The molecule has 7 heteroatoms. The second kappa shape index (κ2) is 10.7. The van der Waals surface area contributed by atoms with Gasteiger partial charge in [-0.15, -0.1) is 0 Å². The van der Waals surface area contributed by atoms with E-state index in [9.17, 15) is 9.59 Å². The number of methoxy groups -OCH3 is 1. The Labute approximate surface area is 170 Å². The van der Waals surface area contributed by atoms with Gasteiger partial charge in [0, 0.05) is 38.7 Å². The normalized spacial score (nSPS) is 10.0. The molecule has 0 saturated carbocycles. The number of carbonyl (C=O) groups excluding carboxylic acids is 2. The van der Waals surface area contributed by atoms with Gasteiger partial charge in [-0.2, -0.15) is 5.26 Å². The quantitative estimate of drug-likeness (QED) is 0.659. The lowest BCUT2D eigenvalue weighted by Crippen LogP contribution is -2.23. The lowest BCUT2D eigenvalue weighted by atomic mass is 10.1. The van der Waals surface area contributed by atoms with E-state index in [0.29, 0.717) is 48.6 Å². The van der Waals surface area contributed by atoms with Gasteiger partial charge < -0.3 is 19.7 Å². The molecule has 0 unspecified atom stereocenters. The number of nitrogens with zero attached hydrogens (tertiary/aromatic N) is 2. The molecule has 0 heterocycles. The summed E-state index contributed by atoms with van der Waals surface area (Å²) in [4.78, 5) is 25.4. The zero-order valence-electron chi connectivity index (χ0n) is 16.9. The van der Waals surface area contributed by atoms with Crippen molar-refractivity contribution in [3.05, 3.63) is 59.2 Å². The first-order chi connectivity index (χ1) is 13.9. The lowest BCUT2D eigenvalue weighted by Gasteiger charge is -2.11. The first kappa shape index (κ1) is 21.8. The molecule has 2 aromatic rings. The number of amides is 2. The number of ether oxygens (including phenoxy) is 2. The van der Waals surface area contributed by atoms with Crippen LogP contribution in [-0.4, -0.2) is 44.5 Å². The molecule has 2 amide bonds. The Morgan fingerprint density at radius 3 is 2.45 bits per heavy atom. The topological polar surface area (TPSA) is 91.7 Å². The molecule has 0 saturated heterocycles. The van der Waals surface area contributed by atoms with Gasteiger partial charge in [-0.25, -0.2) is 0 Å². The zero-order valence-corrected chi connectivity index (χ0v) is 16.9. The number of benzene rings is 2. The molecule has 2 rings (SSSR count). The summed E-state index contributed by atoms with van der Waals surface area (Å²) in [5.41, 5.74) is 2.03. The van der Waals surface area contributed by atoms with Crippen molar-refractivity contribution in [2.24, 2.45) is 0 Å². The molecular formula is C22H25N3O4. The average Bonchev–Trinajstić information content (AvgIpc) is 2.75. The fraction of sp³-hybridized carbons (Fsp3) is 0.318. The van der Waals surface area contributed by atoms with Crippen LogP contribution >= 0.6 is 0 Å². The van der Waals surface area contributed by atoms with Crippen LogP contribution in [0, 0.1) is 11.3 Å². The van der Waals surface area contributed by atoms with Crippen LogP contribution in [-0.2, 0) is 11.3 Å². The second-order valence-electron chi connectivity index (χ2n) is 6.60. The number of hydrogen-bond donors (Lipinski definition) is 1. The monoisotopic (exact) mass is 395 g/mol. The minimum absolute atomic E-state index is 0.0560. The molecule has 0 spiro atoms. The largest absolute Gasteiger partial charge is 0.493 e.